The van der Waals surface area contributed by atoms with E-state index in [0.717, 1.165) is 11.1 Å². The minimum atomic E-state index is -0.246. The van der Waals surface area contributed by atoms with Crippen molar-refractivity contribution in [3.8, 4) is 11.1 Å². The van der Waals surface area contributed by atoms with Crippen molar-refractivity contribution in [3.63, 3.8) is 0 Å². The lowest BCUT2D eigenvalue weighted by molar-refractivity contribution is 1.14. The summed E-state index contributed by atoms with van der Waals surface area (Å²) in [4.78, 5) is 24.0. The third kappa shape index (κ3) is 2.66. The first-order valence-electron chi connectivity index (χ1n) is 7.15. The number of aromatic nitrogens is 3. The normalized spacial score (nSPS) is 10.9. The van der Waals surface area contributed by atoms with Gasteiger partial charge in [0.1, 0.15) is 0 Å². The van der Waals surface area contributed by atoms with Crippen LogP contribution in [-0.4, -0.2) is 15.0 Å². The average Bonchev–Trinajstić information content (AvgIpc) is 3.11. The predicted octanol–water partition coefficient (Wildman–Crippen LogP) is 4.44. The molecular weight excluding hydrogens is 344 g/mol. The molecule has 4 aromatic rings. The van der Waals surface area contributed by atoms with Crippen LogP contribution in [0.3, 0.4) is 0 Å². The Bertz CT molecular complexity index is 1080. The maximum Gasteiger partial charge on any atom is 0.262 e. The predicted molar refractivity (Wildman–Crippen MR) is 98.2 cm³/mol. The third-order valence-corrected chi connectivity index (χ3v) is 4.58. The number of halogens is 1. The number of thiophene rings is 1. The zero-order valence-corrected chi connectivity index (χ0v) is 13.9. The van der Waals surface area contributed by atoms with Gasteiger partial charge in [-0.3, -0.25) is 9.78 Å². The topological polar surface area (TPSA) is 70.7 Å². The van der Waals surface area contributed by atoms with E-state index in [-0.39, 0.29) is 5.56 Å². The van der Waals surface area contributed by atoms with Crippen LogP contribution in [0.5, 0.6) is 0 Å². The highest BCUT2D eigenvalue weighted by molar-refractivity contribution is 7.08. The van der Waals surface area contributed by atoms with Gasteiger partial charge >= 0.3 is 0 Å². The lowest BCUT2D eigenvalue weighted by atomic mass is 10.1. The fraction of sp³-hybridized carbons (Fsp3) is 0. The van der Waals surface area contributed by atoms with E-state index in [9.17, 15) is 4.79 Å². The van der Waals surface area contributed by atoms with E-state index in [2.05, 4.69) is 20.3 Å². The molecule has 2 N–H and O–H groups in total. The van der Waals surface area contributed by atoms with Crippen LogP contribution in [0, 0.1) is 0 Å². The number of hydrogen-bond acceptors (Lipinski definition) is 5. The van der Waals surface area contributed by atoms with E-state index in [1.54, 1.807) is 23.6 Å². The molecule has 0 unspecified atom stereocenters. The van der Waals surface area contributed by atoms with E-state index < -0.39 is 0 Å². The zero-order valence-electron chi connectivity index (χ0n) is 12.3. The number of fused-ring (bicyclic) bond motifs is 1. The Balaban J connectivity index is 1.84. The number of nitrogens with one attached hydrogen (secondary N) is 2. The van der Waals surface area contributed by atoms with Gasteiger partial charge in [-0.1, -0.05) is 23.7 Å². The summed E-state index contributed by atoms with van der Waals surface area (Å²) in [5, 5.41) is 8.00. The number of H-pyrrole nitrogens is 1. The lowest BCUT2D eigenvalue weighted by Crippen LogP contribution is -2.13. The molecule has 0 aliphatic rings. The van der Waals surface area contributed by atoms with Crippen LogP contribution >= 0.6 is 22.9 Å². The van der Waals surface area contributed by atoms with Crippen molar-refractivity contribution < 1.29 is 0 Å². The van der Waals surface area contributed by atoms with Crippen LogP contribution in [-0.2, 0) is 0 Å². The van der Waals surface area contributed by atoms with Gasteiger partial charge in [0.05, 0.1) is 16.1 Å². The van der Waals surface area contributed by atoms with Crippen molar-refractivity contribution in [1.29, 1.82) is 0 Å². The summed E-state index contributed by atoms with van der Waals surface area (Å²) in [5.41, 5.74) is 2.60. The highest BCUT2D eigenvalue weighted by Gasteiger charge is 2.12. The lowest BCUT2D eigenvalue weighted by Gasteiger charge is -2.09. The van der Waals surface area contributed by atoms with Crippen LogP contribution in [0.25, 0.3) is 22.2 Å². The molecule has 0 radical (unpaired) electrons. The molecule has 118 valence electrons. The summed E-state index contributed by atoms with van der Waals surface area (Å²) < 4.78 is 0. The highest BCUT2D eigenvalue weighted by Crippen LogP contribution is 2.27. The Morgan fingerprint density at radius 2 is 2.04 bits per heavy atom. The van der Waals surface area contributed by atoms with Crippen molar-refractivity contribution >= 4 is 45.6 Å². The summed E-state index contributed by atoms with van der Waals surface area (Å²) in [6.07, 6.45) is 1.65. The molecule has 0 amide bonds. The van der Waals surface area contributed by atoms with Crippen LogP contribution in [0.1, 0.15) is 0 Å². The summed E-state index contributed by atoms with van der Waals surface area (Å²) in [7, 11) is 0. The van der Waals surface area contributed by atoms with Crippen molar-refractivity contribution in [2.24, 2.45) is 0 Å². The molecule has 24 heavy (non-hydrogen) atoms. The number of pyridine rings is 1. The summed E-state index contributed by atoms with van der Waals surface area (Å²) >= 11 is 7.70. The fourth-order valence-electron chi connectivity index (χ4n) is 2.47. The fourth-order valence-corrected chi connectivity index (χ4v) is 3.31. The summed E-state index contributed by atoms with van der Waals surface area (Å²) in [5.74, 6) is 0.301. The molecule has 0 saturated heterocycles. The van der Waals surface area contributed by atoms with Crippen LogP contribution in [0.4, 0.5) is 11.6 Å². The number of benzene rings is 1. The van der Waals surface area contributed by atoms with Crippen molar-refractivity contribution in [3.05, 3.63) is 68.7 Å². The molecule has 0 aliphatic heterocycles. The van der Waals surface area contributed by atoms with Crippen molar-refractivity contribution in [2.75, 3.05) is 5.32 Å². The maximum atomic E-state index is 12.6. The molecule has 4 rings (SSSR count). The van der Waals surface area contributed by atoms with E-state index in [1.165, 1.54) is 0 Å². The second-order valence-electron chi connectivity index (χ2n) is 5.09. The Hall–Kier alpha value is -2.70. The van der Waals surface area contributed by atoms with Gasteiger partial charge in [-0.25, -0.2) is 4.98 Å². The molecule has 0 fully saturated rings. The molecule has 0 bridgehead atoms. The second-order valence-corrected chi connectivity index (χ2v) is 6.28. The number of nitrogens with zero attached hydrogens (tertiary/aromatic N) is 2. The highest BCUT2D eigenvalue weighted by atomic mass is 35.5. The van der Waals surface area contributed by atoms with Gasteiger partial charge in [0.2, 0.25) is 5.95 Å². The number of aromatic amines is 1. The van der Waals surface area contributed by atoms with E-state index in [4.69, 9.17) is 11.6 Å². The van der Waals surface area contributed by atoms with Crippen LogP contribution < -0.4 is 10.9 Å². The Morgan fingerprint density at radius 3 is 2.83 bits per heavy atom. The first-order valence-corrected chi connectivity index (χ1v) is 8.47. The molecule has 0 atom stereocenters. The second kappa shape index (κ2) is 6.07. The number of rotatable bonds is 3. The van der Waals surface area contributed by atoms with Gasteiger partial charge < -0.3 is 5.32 Å². The minimum absolute atomic E-state index is 0.246. The quantitative estimate of drug-likeness (QED) is 0.570. The SMILES string of the molecule is O=c1[nH]c(Nc2ccccc2Cl)nc2nccc(-c3ccsc3)c12. The Labute approximate surface area is 146 Å². The van der Waals surface area contributed by atoms with Gasteiger partial charge in [0.15, 0.2) is 5.65 Å². The van der Waals surface area contributed by atoms with Crippen LogP contribution in [0.2, 0.25) is 5.02 Å². The largest absolute Gasteiger partial charge is 0.324 e. The molecule has 3 heterocycles. The van der Waals surface area contributed by atoms with Gasteiger partial charge in [-0.2, -0.15) is 16.3 Å². The zero-order chi connectivity index (χ0) is 16.5. The van der Waals surface area contributed by atoms with E-state index >= 15 is 0 Å². The molecule has 0 aliphatic carbocycles. The Kier molecular flexibility index (Phi) is 3.76. The Morgan fingerprint density at radius 1 is 1.17 bits per heavy atom. The van der Waals surface area contributed by atoms with Gasteiger partial charge in [-0.05, 0) is 40.6 Å². The molecule has 1 aromatic carbocycles. The average molecular weight is 355 g/mol. The van der Waals surface area contributed by atoms with Crippen LogP contribution in [0.15, 0.2) is 58.1 Å². The van der Waals surface area contributed by atoms with Gasteiger partial charge in [0, 0.05) is 11.8 Å². The standard InChI is InChI=1S/C17H11ClN4OS/c18-12-3-1-2-4-13(12)20-17-21-15-14(16(23)22-17)11(5-7-19-15)10-6-8-24-9-10/h1-9H,(H2,19,20,21,22,23). The number of para-hydroxylation sites is 1. The summed E-state index contributed by atoms with van der Waals surface area (Å²) in [6.45, 7) is 0. The van der Waals surface area contributed by atoms with E-state index in [0.29, 0.717) is 27.7 Å². The maximum absolute atomic E-state index is 12.6. The smallest absolute Gasteiger partial charge is 0.262 e. The van der Waals surface area contributed by atoms with Crippen molar-refractivity contribution in [2.45, 2.75) is 0 Å². The molecular formula is C17H11ClN4OS. The van der Waals surface area contributed by atoms with E-state index in [1.807, 2.05) is 41.1 Å². The molecule has 0 saturated carbocycles. The molecule has 0 spiro atoms. The molecule has 3 aromatic heterocycles. The molecule has 7 heteroatoms. The first kappa shape index (κ1) is 14.9. The molecule has 5 nitrogen and oxygen atoms in total. The monoisotopic (exact) mass is 354 g/mol. The van der Waals surface area contributed by atoms with Crippen molar-refractivity contribution in [1.82, 2.24) is 15.0 Å². The minimum Gasteiger partial charge on any atom is -0.324 e. The number of anilines is 2. The summed E-state index contributed by atoms with van der Waals surface area (Å²) in [6, 6.07) is 11.0. The van der Waals surface area contributed by atoms with Gasteiger partial charge in [0.25, 0.3) is 5.56 Å². The first-order chi connectivity index (χ1) is 11.7. The number of hydrogen-bond donors (Lipinski definition) is 2. The van der Waals surface area contributed by atoms with Gasteiger partial charge in [-0.15, -0.1) is 0 Å². The third-order valence-electron chi connectivity index (χ3n) is 3.57.